The first-order valence-electron chi connectivity index (χ1n) is 6.24. The normalized spacial score (nSPS) is 10.0. The van der Waals surface area contributed by atoms with E-state index in [0.29, 0.717) is 0 Å². The van der Waals surface area contributed by atoms with Crippen LogP contribution in [0.2, 0.25) is 0 Å². The minimum Gasteiger partial charge on any atom is -0.462 e. The third-order valence-electron chi connectivity index (χ3n) is 2.97. The molecule has 1 aromatic carbocycles. The van der Waals surface area contributed by atoms with E-state index in [-0.39, 0.29) is 34.7 Å². The van der Waals surface area contributed by atoms with Gasteiger partial charge in [-0.1, -0.05) is 6.07 Å². The molecule has 0 fully saturated rings. The van der Waals surface area contributed by atoms with Gasteiger partial charge >= 0.3 is 5.97 Å². The van der Waals surface area contributed by atoms with Gasteiger partial charge in [-0.15, -0.1) is 4.91 Å². The number of nitriles is 1. The predicted octanol–water partition coefficient (Wildman–Crippen LogP) is 2.45. The number of carbonyl (C=O) groups excluding carboxylic acids is 1. The molecule has 0 spiro atoms. The third-order valence-corrected chi connectivity index (χ3v) is 2.97. The summed E-state index contributed by atoms with van der Waals surface area (Å²) in [6.07, 6.45) is 1.23. The minimum absolute atomic E-state index is 0.0331. The zero-order chi connectivity index (χ0) is 16.3. The Labute approximate surface area is 124 Å². The van der Waals surface area contributed by atoms with Crippen LogP contribution in [0.1, 0.15) is 23.0 Å². The Balaban J connectivity index is 2.67. The van der Waals surface area contributed by atoms with E-state index in [2.05, 4.69) is 5.18 Å². The second-order valence-corrected chi connectivity index (χ2v) is 4.26. The fourth-order valence-corrected chi connectivity index (χ4v) is 2.03. The van der Waals surface area contributed by atoms with Gasteiger partial charge in [0, 0.05) is 11.8 Å². The summed E-state index contributed by atoms with van der Waals surface area (Å²) in [6, 6.07) is 5.39. The number of halogens is 1. The van der Waals surface area contributed by atoms with E-state index in [1.54, 1.807) is 6.92 Å². The summed E-state index contributed by atoms with van der Waals surface area (Å²) in [5, 5.41) is 11.7. The van der Waals surface area contributed by atoms with E-state index < -0.39 is 11.8 Å². The van der Waals surface area contributed by atoms with E-state index in [0.717, 1.165) is 16.8 Å². The van der Waals surface area contributed by atoms with Gasteiger partial charge in [-0.2, -0.15) is 5.26 Å². The SMILES string of the molecule is CCOC(=O)c1cn(N)c(C#N)c1-c1ccc(N=O)c(F)c1. The van der Waals surface area contributed by atoms with Gasteiger partial charge in [-0.05, 0) is 29.8 Å². The molecule has 0 unspecified atom stereocenters. The number of benzene rings is 1. The maximum atomic E-state index is 13.7. The van der Waals surface area contributed by atoms with Crippen LogP contribution in [0.5, 0.6) is 0 Å². The number of hydrogen-bond acceptors (Lipinski definition) is 6. The van der Waals surface area contributed by atoms with Crippen molar-refractivity contribution in [3.05, 3.63) is 46.4 Å². The lowest BCUT2D eigenvalue weighted by molar-refractivity contribution is 0.0527. The second-order valence-electron chi connectivity index (χ2n) is 4.26. The van der Waals surface area contributed by atoms with E-state index in [4.69, 9.17) is 10.6 Å². The maximum Gasteiger partial charge on any atom is 0.340 e. The number of nitrogens with two attached hydrogens (primary N) is 1. The van der Waals surface area contributed by atoms with E-state index in [1.807, 2.05) is 6.07 Å². The highest BCUT2D eigenvalue weighted by atomic mass is 19.1. The molecule has 2 aromatic rings. The molecule has 0 saturated heterocycles. The van der Waals surface area contributed by atoms with Crippen molar-refractivity contribution in [3.8, 4) is 17.2 Å². The van der Waals surface area contributed by atoms with Crippen molar-refractivity contribution in [3.63, 3.8) is 0 Å². The zero-order valence-corrected chi connectivity index (χ0v) is 11.5. The average molecular weight is 302 g/mol. The first kappa shape index (κ1) is 15.2. The Kier molecular flexibility index (Phi) is 4.18. The molecule has 0 radical (unpaired) electrons. The molecule has 7 nitrogen and oxygen atoms in total. The van der Waals surface area contributed by atoms with Gasteiger partial charge in [0.15, 0.2) is 5.82 Å². The minimum atomic E-state index is -0.865. The molecular weight excluding hydrogens is 291 g/mol. The quantitative estimate of drug-likeness (QED) is 0.530. The fourth-order valence-electron chi connectivity index (χ4n) is 2.03. The third kappa shape index (κ3) is 2.52. The van der Waals surface area contributed by atoms with Crippen molar-refractivity contribution in [1.29, 1.82) is 5.26 Å². The summed E-state index contributed by atoms with van der Waals surface area (Å²) in [7, 11) is 0. The molecule has 0 bridgehead atoms. The molecule has 1 heterocycles. The lowest BCUT2D eigenvalue weighted by atomic mass is 10.0. The number of nitrogens with zero attached hydrogens (tertiary/aromatic N) is 3. The Morgan fingerprint density at radius 2 is 2.27 bits per heavy atom. The summed E-state index contributed by atoms with van der Waals surface area (Å²) >= 11 is 0. The Morgan fingerprint density at radius 3 is 2.82 bits per heavy atom. The number of nitroso groups, excluding NO2 is 1. The second kappa shape index (κ2) is 6.05. The Morgan fingerprint density at radius 1 is 1.55 bits per heavy atom. The molecule has 0 atom stereocenters. The highest BCUT2D eigenvalue weighted by molar-refractivity contribution is 5.99. The number of nitrogen functional groups attached to an aromatic ring is 1. The van der Waals surface area contributed by atoms with E-state index in [9.17, 15) is 19.4 Å². The summed E-state index contributed by atoms with van der Waals surface area (Å²) in [5.41, 5.74) is -0.0120. The van der Waals surface area contributed by atoms with Crippen LogP contribution in [-0.4, -0.2) is 17.3 Å². The van der Waals surface area contributed by atoms with Gasteiger partial charge in [-0.25, -0.2) is 9.18 Å². The monoisotopic (exact) mass is 302 g/mol. The van der Waals surface area contributed by atoms with Crippen molar-refractivity contribution in [2.75, 3.05) is 12.4 Å². The van der Waals surface area contributed by atoms with Crippen LogP contribution >= 0.6 is 0 Å². The standard InChI is InChI=1S/C14H11FN4O3/c1-2-22-14(20)9-7-19(17)12(6-16)13(9)8-3-4-11(18-21)10(15)5-8/h3-5,7H,2,17H2,1H3. The van der Waals surface area contributed by atoms with Crippen LogP contribution in [0.25, 0.3) is 11.1 Å². The number of ether oxygens (including phenoxy) is 1. The maximum absolute atomic E-state index is 13.7. The molecule has 0 aliphatic carbocycles. The Bertz CT molecular complexity index is 792. The topological polar surface area (TPSA) is 110 Å². The van der Waals surface area contributed by atoms with Crippen LogP contribution in [0, 0.1) is 22.1 Å². The first-order valence-corrected chi connectivity index (χ1v) is 6.24. The van der Waals surface area contributed by atoms with Gasteiger partial charge in [0.2, 0.25) is 0 Å². The number of rotatable bonds is 4. The highest BCUT2D eigenvalue weighted by Crippen LogP contribution is 2.32. The van der Waals surface area contributed by atoms with Crippen LogP contribution in [0.3, 0.4) is 0 Å². The fraction of sp³-hybridized carbons (Fsp3) is 0.143. The van der Waals surface area contributed by atoms with Gasteiger partial charge in [-0.3, -0.25) is 4.68 Å². The van der Waals surface area contributed by atoms with Gasteiger partial charge < -0.3 is 10.6 Å². The van der Waals surface area contributed by atoms with Crippen molar-refractivity contribution in [2.24, 2.45) is 5.18 Å². The van der Waals surface area contributed by atoms with Crippen LogP contribution in [-0.2, 0) is 4.74 Å². The smallest absolute Gasteiger partial charge is 0.340 e. The van der Waals surface area contributed by atoms with Gasteiger partial charge in [0.1, 0.15) is 17.5 Å². The first-order chi connectivity index (χ1) is 10.5. The average Bonchev–Trinajstić information content (AvgIpc) is 2.84. The molecule has 2 N–H and O–H groups in total. The lowest BCUT2D eigenvalue weighted by Crippen LogP contribution is -2.09. The molecule has 0 amide bonds. The van der Waals surface area contributed by atoms with Gasteiger partial charge in [0.25, 0.3) is 0 Å². The molecule has 8 heteroatoms. The molecule has 0 saturated carbocycles. The largest absolute Gasteiger partial charge is 0.462 e. The number of hydrogen-bond donors (Lipinski definition) is 1. The van der Waals surface area contributed by atoms with Crippen molar-refractivity contribution < 1.29 is 13.9 Å². The Hall–Kier alpha value is -3.21. The van der Waals surface area contributed by atoms with Crippen LogP contribution in [0.4, 0.5) is 10.1 Å². The summed E-state index contributed by atoms with van der Waals surface area (Å²) in [4.78, 5) is 22.4. The van der Waals surface area contributed by atoms with E-state index in [1.165, 1.54) is 12.3 Å². The molecule has 112 valence electrons. The number of carbonyl (C=O) groups is 1. The van der Waals surface area contributed by atoms with Crippen molar-refractivity contribution in [1.82, 2.24) is 4.68 Å². The molecular formula is C14H11FN4O3. The molecule has 2 rings (SSSR count). The molecule has 1 aromatic heterocycles. The van der Waals surface area contributed by atoms with Crippen LogP contribution < -0.4 is 5.84 Å². The highest BCUT2D eigenvalue weighted by Gasteiger charge is 2.23. The molecule has 0 aliphatic heterocycles. The van der Waals surface area contributed by atoms with Crippen molar-refractivity contribution >= 4 is 11.7 Å². The van der Waals surface area contributed by atoms with Crippen molar-refractivity contribution in [2.45, 2.75) is 6.92 Å². The predicted molar refractivity (Wildman–Crippen MR) is 76.1 cm³/mol. The molecule has 0 aliphatic rings. The number of esters is 1. The lowest BCUT2D eigenvalue weighted by Gasteiger charge is -2.05. The molecule has 22 heavy (non-hydrogen) atoms. The van der Waals surface area contributed by atoms with Crippen LogP contribution in [0.15, 0.2) is 29.6 Å². The summed E-state index contributed by atoms with van der Waals surface area (Å²) in [5.74, 6) is 4.09. The van der Waals surface area contributed by atoms with E-state index >= 15 is 0 Å². The zero-order valence-electron chi connectivity index (χ0n) is 11.5. The van der Waals surface area contributed by atoms with Gasteiger partial charge in [0.05, 0.1) is 12.2 Å². The number of aromatic nitrogens is 1. The summed E-state index contributed by atoms with van der Waals surface area (Å²) in [6.45, 7) is 1.77. The summed E-state index contributed by atoms with van der Waals surface area (Å²) < 4.78 is 19.6.